The first kappa shape index (κ1) is 24.2. The number of alkyl halides is 3. The Bertz CT molecular complexity index is 1330. The van der Waals surface area contributed by atoms with Crippen molar-refractivity contribution >= 4 is 28.4 Å². The van der Waals surface area contributed by atoms with Crippen molar-refractivity contribution in [3.8, 4) is 6.07 Å². The van der Waals surface area contributed by atoms with Gasteiger partial charge >= 0.3 is 12.1 Å². The molecule has 3 aromatic rings. The smallest absolute Gasteiger partial charge is 0.418 e. The van der Waals surface area contributed by atoms with Gasteiger partial charge in [-0.3, -0.25) is 9.48 Å². The molecule has 13 heteroatoms. The Morgan fingerprint density at radius 1 is 1.37 bits per heavy atom. The largest absolute Gasteiger partial charge is 0.479 e. The Balaban J connectivity index is 1.73. The average molecular weight is 491 g/mol. The van der Waals surface area contributed by atoms with Crippen molar-refractivity contribution in [2.24, 2.45) is 0 Å². The van der Waals surface area contributed by atoms with E-state index in [0.29, 0.717) is 11.2 Å². The Hall–Kier alpha value is -3.89. The summed E-state index contributed by atoms with van der Waals surface area (Å²) >= 11 is 0. The summed E-state index contributed by atoms with van der Waals surface area (Å²) in [6.07, 6.45) is -6.73. The molecule has 0 bridgehead atoms. The van der Waals surface area contributed by atoms with Crippen LogP contribution in [0, 0.1) is 11.3 Å². The number of anilines is 2. The maximum atomic E-state index is 12.8. The third-order valence-corrected chi connectivity index (χ3v) is 5.96. The fraction of sp³-hybridized carbons (Fsp3) is 0.364. The zero-order valence-corrected chi connectivity index (χ0v) is 18.0. The molecular formula is C22H20F3N5O5. The molecule has 10 nitrogen and oxygen atoms in total. The zero-order valence-electron chi connectivity index (χ0n) is 18.0. The minimum absolute atomic E-state index is 0.0631. The lowest BCUT2D eigenvalue weighted by Gasteiger charge is -2.38. The number of nitrogens with zero attached hydrogens (tertiary/aromatic N) is 3. The minimum Gasteiger partial charge on any atom is -0.479 e. The number of fused-ring (bicyclic) bond motifs is 1. The van der Waals surface area contributed by atoms with E-state index in [2.05, 4.69) is 21.5 Å². The number of rotatable bonds is 6. The highest BCUT2D eigenvalue weighted by molar-refractivity contribution is 5.91. The summed E-state index contributed by atoms with van der Waals surface area (Å²) in [6, 6.07) is 8.47. The van der Waals surface area contributed by atoms with E-state index in [1.165, 1.54) is 23.0 Å². The van der Waals surface area contributed by atoms with Gasteiger partial charge in [0.1, 0.15) is 5.39 Å². The molecule has 1 aliphatic heterocycles. The molecule has 0 saturated carbocycles. The highest BCUT2D eigenvalue weighted by atomic mass is 19.4. The summed E-state index contributed by atoms with van der Waals surface area (Å²) in [5.74, 6) is -1.03. The molecule has 35 heavy (non-hydrogen) atoms. The van der Waals surface area contributed by atoms with E-state index in [0.717, 1.165) is 12.1 Å². The van der Waals surface area contributed by atoms with Gasteiger partial charge in [-0.2, -0.15) is 23.5 Å². The molecule has 0 spiro atoms. The quantitative estimate of drug-likeness (QED) is 0.411. The number of carbonyl (C=O) groups is 1. The molecule has 0 amide bonds. The van der Waals surface area contributed by atoms with Crippen LogP contribution < -0.4 is 10.9 Å². The van der Waals surface area contributed by atoms with Crippen LogP contribution in [0.25, 0.3) is 10.9 Å². The first-order valence-corrected chi connectivity index (χ1v) is 10.5. The van der Waals surface area contributed by atoms with Gasteiger partial charge in [0.15, 0.2) is 18.0 Å². The fourth-order valence-electron chi connectivity index (χ4n) is 4.14. The normalized spacial score (nSPS) is 21.4. The SMILES string of the molecule is N#CCC1(n2nc(Nc3ccc(C(O)C(F)(F)F)cc3)c3c(=O)[nH]ccc32)CCC(C(=O)O)OC1. The highest BCUT2D eigenvalue weighted by Gasteiger charge is 2.42. The van der Waals surface area contributed by atoms with E-state index < -0.39 is 35.5 Å². The van der Waals surface area contributed by atoms with E-state index in [4.69, 9.17) is 4.74 Å². The van der Waals surface area contributed by atoms with Crippen LogP contribution in [0.4, 0.5) is 24.7 Å². The molecule has 2 aromatic heterocycles. The van der Waals surface area contributed by atoms with Gasteiger partial charge in [-0.05, 0) is 36.6 Å². The van der Waals surface area contributed by atoms with Crippen LogP contribution in [-0.4, -0.2) is 49.8 Å². The van der Waals surface area contributed by atoms with Gasteiger partial charge < -0.3 is 25.3 Å². The van der Waals surface area contributed by atoms with Gasteiger partial charge in [-0.1, -0.05) is 12.1 Å². The van der Waals surface area contributed by atoms with E-state index >= 15 is 0 Å². The summed E-state index contributed by atoms with van der Waals surface area (Å²) in [4.78, 5) is 26.5. The number of aromatic amines is 1. The number of hydrogen-bond donors (Lipinski definition) is 4. The molecule has 1 fully saturated rings. The van der Waals surface area contributed by atoms with Gasteiger partial charge in [0, 0.05) is 11.9 Å². The molecule has 0 radical (unpaired) electrons. The van der Waals surface area contributed by atoms with Crippen molar-refractivity contribution in [2.45, 2.75) is 43.2 Å². The number of nitriles is 1. The van der Waals surface area contributed by atoms with Crippen LogP contribution >= 0.6 is 0 Å². The number of carboxylic acids is 1. The molecule has 3 atom stereocenters. The number of benzene rings is 1. The predicted octanol–water partition coefficient (Wildman–Crippen LogP) is 2.94. The molecule has 184 valence electrons. The standard InChI is InChI=1S/C22H20F3N5O5/c23-22(24,25)17(31)12-1-3-13(4-2-12)28-18-16-14(6-10-27-19(16)32)30(29-18)21(8-9-26)7-5-15(20(33)34)35-11-21/h1-4,6,10,15,17,31H,5,7-8,11H2,(H,27,32)(H,28,29)(H,33,34). The van der Waals surface area contributed by atoms with Gasteiger partial charge in [-0.15, -0.1) is 0 Å². The van der Waals surface area contributed by atoms with Gasteiger partial charge in [0.25, 0.3) is 5.56 Å². The van der Waals surface area contributed by atoms with Crippen LogP contribution in [0.3, 0.4) is 0 Å². The van der Waals surface area contributed by atoms with Crippen molar-refractivity contribution in [1.82, 2.24) is 14.8 Å². The van der Waals surface area contributed by atoms with Crippen molar-refractivity contribution in [3.05, 3.63) is 52.4 Å². The second-order valence-electron chi connectivity index (χ2n) is 8.25. The maximum absolute atomic E-state index is 12.8. The number of carboxylic acid groups (broad SMARTS) is 1. The summed E-state index contributed by atoms with van der Waals surface area (Å²) in [6.45, 7) is -0.120. The molecule has 1 saturated heterocycles. The second kappa shape index (κ2) is 9.05. The summed E-state index contributed by atoms with van der Waals surface area (Å²) in [5.41, 5.74) is -1.21. The lowest BCUT2D eigenvalue weighted by atomic mass is 9.87. The zero-order chi connectivity index (χ0) is 25.4. The van der Waals surface area contributed by atoms with Gasteiger partial charge in [0.05, 0.1) is 30.2 Å². The summed E-state index contributed by atoms with van der Waals surface area (Å²) < 4.78 is 45.3. The van der Waals surface area contributed by atoms with Crippen LogP contribution in [0.1, 0.15) is 30.9 Å². The van der Waals surface area contributed by atoms with Crippen LogP contribution in [0.15, 0.2) is 41.3 Å². The lowest BCUT2D eigenvalue weighted by Crippen LogP contribution is -2.46. The van der Waals surface area contributed by atoms with Crippen LogP contribution in [-0.2, 0) is 15.1 Å². The van der Waals surface area contributed by atoms with Crippen molar-refractivity contribution < 1.29 is 32.9 Å². The van der Waals surface area contributed by atoms with E-state index in [-0.39, 0.29) is 42.6 Å². The van der Waals surface area contributed by atoms with Crippen LogP contribution in [0.5, 0.6) is 0 Å². The predicted molar refractivity (Wildman–Crippen MR) is 116 cm³/mol. The first-order chi connectivity index (χ1) is 16.6. The number of nitrogens with one attached hydrogen (secondary N) is 2. The molecule has 4 N–H and O–H groups in total. The minimum atomic E-state index is -4.81. The molecule has 4 rings (SSSR count). The average Bonchev–Trinajstić information content (AvgIpc) is 3.19. The number of aliphatic carboxylic acids is 1. The number of ether oxygens (including phenoxy) is 1. The summed E-state index contributed by atoms with van der Waals surface area (Å²) in [5, 5.41) is 35.7. The fourth-order valence-corrected chi connectivity index (χ4v) is 4.14. The number of H-pyrrole nitrogens is 1. The van der Waals surface area contributed by atoms with Crippen molar-refractivity contribution in [2.75, 3.05) is 11.9 Å². The summed E-state index contributed by atoms with van der Waals surface area (Å²) in [7, 11) is 0. The monoisotopic (exact) mass is 491 g/mol. The maximum Gasteiger partial charge on any atom is 0.418 e. The van der Waals surface area contributed by atoms with Crippen molar-refractivity contribution in [1.29, 1.82) is 5.26 Å². The molecule has 3 unspecified atom stereocenters. The second-order valence-corrected chi connectivity index (χ2v) is 8.25. The highest BCUT2D eigenvalue weighted by Crippen LogP contribution is 2.37. The molecule has 0 aliphatic carbocycles. The Morgan fingerprint density at radius 3 is 2.66 bits per heavy atom. The van der Waals surface area contributed by atoms with E-state index in [9.17, 15) is 38.2 Å². The molecule has 1 aromatic carbocycles. The Labute approximate surface area is 195 Å². The number of pyridine rings is 1. The van der Waals surface area contributed by atoms with Crippen LogP contribution in [0.2, 0.25) is 0 Å². The number of aromatic nitrogens is 3. The topological polar surface area (TPSA) is 153 Å². The van der Waals surface area contributed by atoms with Gasteiger partial charge in [-0.25, -0.2) is 4.79 Å². The van der Waals surface area contributed by atoms with E-state index in [1.54, 1.807) is 6.07 Å². The Kier molecular flexibility index (Phi) is 6.27. The Morgan fingerprint density at radius 2 is 2.09 bits per heavy atom. The van der Waals surface area contributed by atoms with E-state index in [1.807, 2.05) is 0 Å². The molecule has 3 heterocycles. The number of aliphatic hydroxyl groups excluding tert-OH is 1. The van der Waals surface area contributed by atoms with Crippen molar-refractivity contribution in [3.63, 3.8) is 0 Å². The third-order valence-electron chi connectivity index (χ3n) is 5.96. The molecular weight excluding hydrogens is 471 g/mol. The van der Waals surface area contributed by atoms with Gasteiger partial charge in [0.2, 0.25) is 0 Å². The lowest BCUT2D eigenvalue weighted by molar-refractivity contribution is -0.206. The number of aliphatic hydroxyl groups is 1. The number of hydrogen-bond acceptors (Lipinski definition) is 7. The number of halogens is 3. The third kappa shape index (κ3) is 4.58. The first-order valence-electron chi connectivity index (χ1n) is 10.5. The molecule has 1 aliphatic rings.